The smallest absolute Gasteiger partial charge is 0.264 e. The maximum atomic E-state index is 13.6. The maximum absolute atomic E-state index is 13.6. The average Bonchev–Trinajstić information content (AvgIpc) is 3.17. The van der Waals surface area contributed by atoms with Crippen LogP contribution < -0.4 is 4.31 Å². The number of anilines is 1. The summed E-state index contributed by atoms with van der Waals surface area (Å²) in [5.74, 6) is 1.42. The van der Waals surface area contributed by atoms with E-state index in [0.29, 0.717) is 29.2 Å². The number of rotatable bonds is 3. The monoisotopic (exact) mass is 447 g/mol. The van der Waals surface area contributed by atoms with Crippen LogP contribution >= 0.6 is 11.8 Å². The summed E-state index contributed by atoms with van der Waals surface area (Å²) >= 11 is 1.64. The largest absolute Gasteiger partial charge is 0.342 e. The molecule has 0 atom stereocenters. The number of pyridine rings is 1. The van der Waals surface area contributed by atoms with E-state index in [1.807, 2.05) is 37.3 Å². The average molecular weight is 448 g/mol. The molecule has 0 spiro atoms. The number of fused-ring (bicyclic) bond motifs is 2. The van der Waals surface area contributed by atoms with Crippen LogP contribution in [-0.4, -0.2) is 35.7 Å². The number of aromatic nitrogens is 3. The van der Waals surface area contributed by atoms with E-state index in [4.69, 9.17) is 5.26 Å². The number of nitrogens with zero attached hydrogens (tertiary/aromatic N) is 4. The van der Waals surface area contributed by atoms with Gasteiger partial charge < -0.3 is 4.98 Å². The summed E-state index contributed by atoms with van der Waals surface area (Å²) in [6.07, 6.45) is 1.63. The van der Waals surface area contributed by atoms with Crippen LogP contribution in [0.2, 0.25) is 0 Å². The second kappa shape index (κ2) is 7.41. The lowest BCUT2D eigenvalue weighted by atomic mass is 10.1. The molecular weight excluding hydrogens is 430 g/mol. The molecule has 5 rings (SSSR count). The number of thioether (sulfide) groups is 1. The molecule has 0 aliphatic carbocycles. The molecule has 2 aromatic heterocycles. The molecule has 0 bridgehead atoms. The van der Waals surface area contributed by atoms with Crippen molar-refractivity contribution in [3.8, 4) is 17.2 Å². The van der Waals surface area contributed by atoms with Gasteiger partial charge in [-0.1, -0.05) is 6.07 Å². The number of nitrogens with one attached hydrogen (secondary N) is 1. The SMILES string of the molecule is Cc1nc2ccc(S(=O)(=O)N3CCSc4ccc(-c5ccc(C#N)nc5)cc43)cc2[nH]1. The highest BCUT2D eigenvalue weighted by Crippen LogP contribution is 2.40. The van der Waals surface area contributed by atoms with Crippen LogP contribution in [0, 0.1) is 18.3 Å². The van der Waals surface area contributed by atoms with Gasteiger partial charge in [-0.25, -0.2) is 18.4 Å². The quantitative estimate of drug-likeness (QED) is 0.507. The Morgan fingerprint density at radius 2 is 1.97 bits per heavy atom. The van der Waals surface area contributed by atoms with E-state index in [-0.39, 0.29) is 4.90 Å². The summed E-state index contributed by atoms with van der Waals surface area (Å²) in [6.45, 7) is 2.22. The van der Waals surface area contributed by atoms with Crippen LogP contribution in [0.1, 0.15) is 11.5 Å². The third-order valence-corrected chi connectivity index (χ3v) is 8.00. The Morgan fingerprint density at radius 3 is 2.74 bits per heavy atom. The Balaban J connectivity index is 1.58. The summed E-state index contributed by atoms with van der Waals surface area (Å²) in [5, 5.41) is 8.96. The number of imidazole rings is 1. The Hall–Kier alpha value is -3.35. The first-order valence-electron chi connectivity index (χ1n) is 9.58. The number of nitriles is 1. The Morgan fingerprint density at radius 1 is 1.13 bits per heavy atom. The molecule has 4 aromatic rings. The molecule has 9 heteroatoms. The number of aromatic amines is 1. The first kappa shape index (κ1) is 19.6. The second-order valence-electron chi connectivity index (χ2n) is 7.15. The fraction of sp³-hybridized carbons (Fsp3) is 0.136. The Bertz CT molecular complexity index is 1450. The van der Waals surface area contributed by atoms with E-state index in [0.717, 1.165) is 27.4 Å². The van der Waals surface area contributed by atoms with Crippen molar-refractivity contribution in [3.63, 3.8) is 0 Å². The highest BCUT2D eigenvalue weighted by molar-refractivity contribution is 8.00. The minimum Gasteiger partial charge on any atom is -0.342 e. The van der Waals surface area contributed by atoms with Crippen LogP contribution in [0.4, 0.5) is 5.69 Å². The van der Waals surface area contributed by atoms with Crippen molar-refractivity contribution in [2.75, 3.05) is 16.6 Å². The van der Waals surface area contributed by atoms with Gasteiger partial charge in [0.05, 0.1) is 21.6 Å². The van der Waals surface area contributed by atoms with Gasteiger partial charge in [0.1, 0.15) is 17.6 Å². The molecule has 0 saturated heterocycles. The third-order valence-electron chi connectivity index (χ3n) is 5.15. The van der Waals surface area contributed by atoms with E-state index in [1.54, 1.807) is 42.2 Å². The van der Waals surface area contributed by atoms with Crippen molar-refractivity contribution < 1.29 is 8.42 Å². The van der Waals surface area contributed by atoms with E-state index < -0.39 is 10.0 Å². The zero-order chi connectivity index (χ0) is 21.6. The van der Waals surface area contributed by atoms with Crippen LogP contribution in [-0.2, 0) is 10.0 Å². The summed E-state index contributed by atoms with van der Waals surface area (Å²) < 4.78 is 28.6. The normalized spacial score (nSPS) is 13.7. The molecule has 0 radical (unpaired) electrons. The molecule has 3 heterocycles. The molecule has 1 aliphatic rings. The van der Waals surface area contributed by atoms with Gasteiger partial charge in [-0.2, -0.15) is 5.26 Å². The van der Waals surface area contributed by atoms with Crippen LogP contribution in [0.3, 0.4) is 0 Å². The number of H-pyrrole nitrogens is 1. The number of sulfonamides is 1. The molecule has 0 fully saturated rings. The Kier molecular flexibility index (Phi) is 4.68. The maximum Gasteiger partial charge on any atom is 0.264 e. The first-order chi connectivity index (χ1) is 15.0. The number of aryl methyl sites for hydroxylation is 1. The van der Waals surface area contributed by atoms with Crippen molar-refractivity contribution in [3.05, 3.63) is 66.2 Å². The predicted octanol–water partition coefficient (Wildman–Crippen LogP) is 4.11. The fourth-order valence-corrected chi connectivity index (χ4v) is 6.31. The van der Waals surface area contributed by atoms with Crippen molar-refractivity contribution in [1.82, 2.24) is 15.0 Å². The third kappa shape index (κ3) is 3.44. The molecule has 0 amide bonds. The number of hydrogen-bond donors (Lipinski definition) is 1. The molecule has 154 valence electrons. The molecule has 7 nitrogen and oxygen atoms in total. The molecule has 1 N–H and O–H groups in total. The van der Waals surface area contributed by atoms with Gasteiger partial charge in [-0.15, -0.1) is 11.8 Å². The lowest BCUT2D eigenvalue weighted by Gasteiger charge is -2.30. The van der Waals surface area contributed by atoms with E-state index in [9.17, 15) is 8.42 Å². The lowest BCUT2D eigenvalue weighted by Crippen LogP contribution is -2.35. The van der Waals surface area contributed by atoms with Crippen LogP contribution in [0.15, 0.2) is 64.5 Å². The number of benzene rings is 2. The van der Waals surface area contributed by atoms with E-state index in [2.05, 4.69) is 15.0 Å². The lowest BCUT2D eigenvalue weighted by molar-refractivity contribution is 0.591. The molecule has 2 aromatic carbocycles. The minimum atomic E-state index is -3.75. The van der Waals surface area contributed by atoms with Gasteiger partial charge in [0.2, 0.25) is 0 Å². The summed E-state index contributed by atoms with van der Waals surface area (Å²) in [7, 11) is -3.75. The zero-order valence-corrected chi connectivity index (χ0v) is 18.2. The summed E-state index contributed by atoms with van der Waals surface area (Å²) in [5.41, 5.74) is 4.09. The fourth-order valence-electron chi connectivity index (χ4n) is 3.66. The Labute approximate surface area is 183 Å². The van der Waals surface area contributed by atoms with Gasteiger partial charge in [-0.05, 0) is 55.0 Å². The molecule has 31 heavy (non-hydrogen) atoms. The van der Waals surface area contributed by atoms with Gasteiger partial charge in [0.25, 0.3) is 10.0 Å². The van der Waals surface area contributed by atoms with Crippen molar-refractivity contribution in [2.24, 2.45) is 0 Å². The van der Waals surface area contributed by atoms with Crippen LogP contribution in [0.5, 0.6) is 0 Å². The molecular formula is C22H17N5O2S2. The summed E-state index contributed by atoms with van der Waals surface area (Å²) in [4.78, 5) is 12.7. The highest BCUT2D eigenvalue weighted by Gasteiger charge is 2.30. The summed E-state index contributed by atoms with van der Waals surface area (Å²) in [6, 6.07) is 16.2. The van der Waals surface area contributed by atoms with Gasteiger partial charge in [-0.3, -0.25) is 4.31 Å². The predicted molar refractivity (Wildman–Crippen MR) is 120 cm³/mol. The molecule has 0 unspecified atom stereocenters. The second-order valence-corrected chi connectivity index (χ2v) is 10.2. The number of hydrogen-bond acceptors (Lipinski definition) is 6. The van der Waals surface area contributed by atoms with Crippen molar-refractivity contribution in [2.45, 2.75) is 16.7 Å². The molecule has 1 aliphatic heterocycles. The first-order valence-corrected chi connectivity index (χ1v) is 12.0. The topological polar surface area (TPSA) is 103 Å². The van der Waals surface area contributed by atoms with Gasteiger partial charge in [0, 0.05) is 29.0 Å². The van der Waals surface area contributed by atoms with Gasteiger partial charge >= 0.3 is 0 Å². The van der Waals surface area contributed by atoms with Crippen LogP contribution in [0.25, 0.3) is 22.2 Å². The standard InChI is InChI=1S/C22H17N5O2S2/c1-14-25-19-6-5-18(11-20(19)26-14)31(28,29)27-8-9-30-22-7-3-15(10-21(22)27)16-2-4-17(12-23)24-13-16/h2-7,10-11,13H,8-9H2,1H3,(H,25,26). The molecule has 0 saturated carbocycles. The highest BCUT2D eigenvalue weighted by atomic mass is 32.2. The van der Waals surface area contributed by atoms with E-state index >= 15 is 0 Å². The zero-order valence-electron chi connectivity index (χ0n) is 16.5. The van der Waals surface area contributed by atoms with Gasteiger partial charge in [0.15, 0.2) is 0 Å². The minimum absolute atomic E-state index is 0.229. The van der Waals surface area contributed by atoms with E-state index in [1.165, 1.54) is 4.31 Å². The van der Waals surface area contributed by atoms with Crippen molar-refractivity contribution in [1.29, 1.82) is 5.26 Å². The van der Waals surface area contributed by atoms with Crippen molar-refractivity contribution >= 4 is 38.5 Å².